The summed E-state index contributed by atoms with van der Waals surface area (Å²) in [6.07, 6.45) is 0. The molecule has 0 unspecified atom stereocenters. The Morgan fingerprint density at radius 1 is 1.24 bits per heavy atom. The molecule has 0 fully saturated rings. The Hall–Kier alpha value is -2.56. The normalized spacial score (nSPS) is 14.0. The van der Waals surface area contributed by atoms with E-state index in [1.165, 1.54) is 0 Å². The molecule has 1 N–H and O–H groups in total. The van der Waals surface area contributed by atoms with Crippen molar-refractivity contribution in [1.29, 1.82) is 0 Å². The Balaban J connectivity index is 1.90. The van der Waals surface area contributed by atoms with E-state index in [2.05, 4.69) is 4.98 Å². The van der Waals surface area contributed by atoms with E-state index in [-0.39, 0.29) is 17.0 Å². The Kier molecular flexibility index (Phi) is 3.48. The molecule has 0 saturated carbocycles. The third-order valence-electron chi connectivity index (χ3n) is 3.53. The number of nitrogens with zero attached hydrogens (tertiary/aromatic N) is 1. The van der Waals surface area contributed by atoms with Gasteiger partial charge >= 0.3 is 0 Å². The van der Waals surface area contributed by atoms with E-state index in [0.717, 1.165) is 17.0 Å². The quantitative estimate of drug-likeness (QED) is 0.867. The predicted octanol–water partition coefficient (Wildman–Crippen LogP) is 1.72. The van der Waals surface area contributed by atoms with E-state index >= 15 is 0 Å². The van der Waals surface area contributed by atoms with Crippen molar-refractivity contribution in [2.75, 3.05) is 13.2 Å². The molecule has 1 aromatic heterocycles. The molecule has 0 aliphatic carbocycles. The maximum Gasteiger partial charge on any atom is 0.260 e. The average Bonchev–Trinajstić information content (AvgIpc) is 2.68. The zero-order valence-corrected chi connectivity index (χ0v) is 11.8. The van der Waals surface area contributed by atoms with Crippen LogP contribution in [0.25, 0.3) is 0 Å². The van der Waals surface area contributed by atoms with Crippen LogP contribution in [0.3, 0.4) is 0 Å². The molecular formula is C16H16N2O3. The molecule has 0 saturated heterocycles. The van der Waals surface area contributed by atoms with Crippen LogP contribution in [0.1, 0.15) is 21.6 Å². The minimum atomic E-state index is -0.349. The van der Waals surface area contributed by atoms with E-state index < -0.39 is 0 Å². The van der Waals surface area contributed by atoms with Gasteiger partial charge in [-0.25, -0.2) is 0 Å². The highest BCUT2D eigenvalue weighted by Gasteiger charge is 2.22. The van der Waals surface area contributed by atoms with Gasteiger partial charge in [-0.1, -0.05) is 18.2 Å². The summed E-state index contributed by atoms with van der Waals surface area (Å²) in [5.41, 5.74) is 1.51. The number of carbonyl (C=O) groups excluding carboxylic acids is 1. The zero-order valence-electron chi connectivity index (χ0n) is 11.8. The number of aromatic amines is 1. The number of amides is 1. The van der Waals surface area contributed by atoms with Crippen molar-refractivity contribution in [3.05, 3.63) is 63.6 Å². The van der Waals surface area contributed by atoms with E-state index in [4.69, 9.17) is 4.74 Å². The lowest BCUT2D eigenvalue weighted by Gasteiger charge is -2.19. The number of rotatable bonds is 1. The largest absolute Gasteiger partial charge is 0.491 e. The lowest BCUT2D eigenvalue weighted by atomic mass is 10.1. The molecule has 0 atom stereocenters. The fourth-order valence-corrected chi connectivity index (χ4v) is 2.41. The number of H-pyrrole nitrogens is 1. The number of para-hydroxylation sites is 1. The highest BCUT2D eigenvalue weighted by molar-refractivity contribution is 5.93. The van der Waals surface area contributed by atoms with Crippen LogP contribution in [0, 0.1) is 6.92 Å². The number of fused-ring (bicyclic) bond motifs is 1. The van der Waals surface area contributed by atoms with Crippen LogP contribution in [0.15, 0.2) is 41.2 Å². The Bertz CT molecular complexity index is 736. The number of carbonyl (C=O) groups is 1. The lowest BCUT2D eigenvalue weighted by Crippen LogP contribution is -2.35. The van der Waals surface area contributed by atoms with Crippen molar-refractivity contribution in [2.45, 2.75) is 13.5 Å². The second-order valence-corrected chi connectivity index (χ2v) is 5.07. The van der Waals surface area contributed by atoms with Crippen LogP contribution >= 0.6 is 0 Å². The number of hydrogen-bond donors (Lipinski definition) is 1. The van der Waals surface area contributed by atoms with Crippen molar-refractivity contribution in [3.63, 3.8) is 0 Å². The number of aromatic nitrogens is 1. The molecule has 3 rings (SSSR count). The van der Waals surface area contributed by atoms with Crippen LogP contribution in [-0.4, -0.2) is 28.9 Å². The molecule has 1 amide bonds. The summed E-state index contributed by atoms with van der Waals surface area (Å²) in [7, 11) is 0. The highest BCUT2D eigenvalue weighted by Crippen LogP contribution is 2.22. The number of pyridine rings is 1. The third kappa shape index (κ3) is 2.67. The molecule has 1 aliphatic rings. The first-order valence-electron chi connectivity index (χ1n) is 6.85. The molecule has 5 nitrogen and oxygen atoms in total. The van der Waals surface area contributed by atoms with Gasteiger partial charge in [0, 0.05) is 17.8 Å². The summed E-state index contributed by atoms with van der Waals surface area (Å²) in [4.78, 5) is 28.8. The van der Waals surface area contributed by atoms with Gasteiger partial charge in [0.1, 0.15) is 17.9 Å². The van der Waals surface area contributed by atoms with E-state index in [0.29, 0.717) is 19.7 Å². The summed E-state index contributed by atoms with van der Waals surface area (Å²) < 4.78 is 5.63. The first-order chi connectivity index (χ1) is 10.1. The lowest BCUT2D eigenvalue weighted by molar-refractivity contribution is 0.0731. The minimum absolute atomic E-state index is 0.167. The van der Waals surface area contributed by atoms with Gasteiger partial charge in [-0.15, -0.1) is 0 Å². The smallest absolute Gasteiger partial charge is 0.260 e. The summed E-state index contributed by atoms with van der Waals surface area (Å²) in [5, 5.41) is 0. The first-order valence-corrected chi connectivity index (χ1v) is 6.85. The molecule has 2 heterocycles. The van der Waals surface area contributed by atoms with E-state index in [1.54, 1.807) is 24.0 Å². The fraction of sp³-hybridized carbons (Fsp3) is 0.250. The maximum absolute atomic E-state index is 12.5. The van der Waals surface area contributed by atoms with Crippen molar-refractivity contribution in [3.8, 4) is 5.75 Å². The number of benzene rings is 1. The SMILES string of the molecule is Cc1ccc(C(=O)N2CCOc3ccccc3C2)c(=O)[nH]1. The molecule has 1 aliphatic heterocycles. The number of nitrogens with one attached hydrogen (secondary N) is 1. The number of aryl methyl sites for hydroxylation is 1. The summed E-state index contributed by atoms with van der Waals surface area (Å²) >= 11 is 0. The Morgan fingerprint density at radius 3 is 2.86 bits per heavy atom. The average molecular weight is 284 g/mol. The maximum atomic E-state index is 12.5. The van der Waals surface area contributed by atoms with E-state index in [9.17, 15) is 9.59 Å². The zero-order chi connectivity index (χ0) is 14.8. The molecule has 0 radical (unpaired) electrons. The predicted molar refractivity (Wildman–Crippen MR) is 78.5 cm³/mol. The van der Waals surface area contributed by atoms with Crippen LogP contribution in [0.5, 0.6) is 5.75 Å². The highest BCUT2D eigenvalue weighted by atomic mass is 16.5. The van der Waals surface area contributed by atoms with E-state index in [1.807, 2.05) is 24.3 Å². The van der Waals surface area contributed by atoms with Crippen molar-refractivity contribution in [2.24, 2.45) is 0 Å². The monoisotopic (exact) mass is 284 g/mol. The van der Waals surface area contributed by atoms with Gasteiger partial charge in [0.05, 0.1) is 6.54 Å². The van der Waals surface area contributed by atoms with Crippen molar-refractivity contribution < 1.29 is 9.53 Å². The summed E-state index contributed by atoms with van der Waals surface area (Å²) in [6, 6.07) is 10.9. The van der Waals surface area contributed by atoms with Crippen LogP contribution in [0.2, 0.25) is 0 Å². The Labute approximate surface area is 122 Å². The summed E-state index contributed by atoms with van der Waals surface area (Å²) in [6.45, 7) is 3.11. The van der Waals surface area contributed by atoms with Crippen LogP contribution in [-0.2, 0) is 6.54 Å². The second kappa shape index (κ2) is 5.44. The standard InChI is InChI=1S/C16H16N2O3/c1-11-6-7-13(15(19)17-11)16(20)18-8-9-21-14-5-3-2-4-12(14)10-18/h2-7H,8-10H2,1H3,(H,17,19). The second-order valence-electron chi connectivity index (χ2n) is 5.07. The topological polar surface area (TPSA) is 62.4 Å². The molecule has 0 spiro atoms. The van der Waals surface area contributed by atoms with Gasteiger partial charge in [0.2, 0.25) is 0 Å². The van der Waals surface area contributed by atoms with Crippen molar-refractivity contribution >= 4 is 5.91 Å². The van der Waals surface area contributed by atoms with Gasteiger partial charge in [0.25, 0.3) is 11.5 Å². The molecule has 1 aromatic carbocycles. The first kappa shape index (κ1) is 13.4. The number of ether oxygens (including phenoxy) is 1. The molecular weight excluding hydrogens is 268 g/mol. The molecule has 21 heavy (non-hydrogen) atoms. The molecule has 0 bridgehead atoms. The molecule has 108 valence electrons. The van der Waals surface area contributed by atoms with Gasteiger partial charge in [-0.2, -0.15) is 0 Å². The fourth-order valence-electron chi connectivity index (χ4n) is 2.41. The minimum Gasteiger partial charge on any atom is -0.491 e. The Morgan fingerprint density at radius 2 is 2.05 bits per heavy atom. The van der Waals surface area contributed by atoms with Crippen LogP contribution < -0.4 is 10.3 Å². The van der Waals surface area contributed by atoms with Gasteiger partial charge in [-0.3, -0.25) is 9.59 Å². The third-order valence-corrected chi connectivity index (χ3v) is 3.53. The van der Waals surface area contributed by atoms with Gasteiger partial charge in [0.15, 0.2) is 0 Å². The molecule has 2 aromatic rings. The molecule has 5 heteroatoms. The van der Waals surface area contributed by atoms with Gasteiger partial charge < -0.3 is 14.6 Å². The summed E-state index contributed by atoms with van der Waals surface area (Å²) in [5.74, 6) is 0.530. The van der Waals surface area contributed by atoms with Crippen molar-refractivity contribution in [1.82, 2.24) is 9.88 Å². The number of hydrogen-bond acceptors (Lipinski definition) is 3. The van der Waals surface area contributed by atoms with Gasteiger partial charge in [-0.05, 0) is 25.1 Å². The van der Waals surface area contributed by atoms with Crippen LogP contribution in [0.4, 0.5) is 0 Å².